The van der Waals surface area contributed by atoms with E-state index in [0.717, 1.165) is 11.3 Å². The Hall–Kier alpha value is -1.74. The van der Waals surface area contributed by atoms with E-state index in [1.165, 1.54) is 11.1 Å². The lowest BCUT2D eigenvalue weighted by atomic mass is 9.98. The normalized spacial score (nSPS) is 12.2. The third-order valence-electron chi connectivity index (χ3n) is 3.92. The zero-order valence-corrected chi connectivity index (χ0v) is 15.1. The maximum Gasteiger partial charge on any atom is 0.234 e. The standard InChI is InChI=1S/C20H25NOS/c1-14(2)18-12-8-9-15(3)20(18)21-19(22)13-23-16(4)17-10-6-5-7-11-17/h5-12,14,16H,13H2,1-4H3,(H,21,22). The molecule has 2 rings (SSSR count). The van der Waals surface area contributed by atoms with Gasteiger partial charge in [-0.05, 0) is 36.5 Å². The van der Waals surface area contributed by atoms with Crippen LogP contribution in [0.5, 0.6) is 0 Å². The summed E-state index contributed by atoms with van der Waals surface area (Å²) in [6.07, 6.45) is 0. The van der Waals surface area contributed by atoms with Crippen molar-refractivity contribution in [2.75, 3.05) is 11.1 Å². The van der Waals surface area contributed by atoms with Crippen LogP contribution in [0.4, 0.5) is 5.69 Å². The number of rotatable bonds is 6. The molecular weight excluding hydrogens is 302 g/mol. The molecule has 0 aliphatic carbocycles. The van der Waals surface area contributed by atoms with Crippen LogP contribution in [0.3, 0.4) is 0 Å². The smallest absolute Gasteiger partial charge is 0.234 e. The maximum atomic E-state index is 12.3. The van der Waals surface area contributed by atoms with E-state index in [1.807, 2.05) is 37.3 Å². The molecule has 2 nitrogen and oxygen atoms in total. The summed E-state index contributed by atoms with van der Waals surface area (Å²) in [5.41, 5.74) is 4.54. The molecule has 0 heterocycles. The summed E-state index contributed by atoms with van der Waals surface area (Å²) in [4.78, 5) is 12.3. The monoisotopic (exact) mass is 327 g/mol. The van der Waals surface area contributed by atoms with Gasteiger partial charge in [0, 0.05) is 10.9 Å². The molecule has 0 aromatic heterocycles. The van der Waals surface area contributed by atoms with E-state index in [0.29, 0.717) is 16.9 Å². The molecule has 122 valence electrons. The van der Waals surface area contributed by atoms with Gasteiger partial charge in [-0.15, -0.1) is 11.8 Å². The van der Waals surface area contributed by atoms with Crippen LogP contribution in [0.2, 0.25) is 0 Å². The van der Waals surface area contributed by atoms with Crippen molar-refractivity contribution in [3.8, 4) is 0 Å². The van der Waals surface area contributed by atoms with E-state index < -0.39 is 0 Å². The molecule has 0 aliphatic heterocycles. The van der Waals surface area contributed by atoms with Crippen molar-refractivity contribution >= 4 is 23.4 Å². The number of para-hydroxylation sites is 1. The third kappa shape index (κ3) is 4.87. The van der Waals surface area contributed by atoms with E-state index in [1.54, 1.807) is 11.8 Å². The Bertz CT molecular complexity index is 652. The molecule has 1 atom stereocenters. The zero-order chi connectivity index (χ0) is 16.8. The van der Waals surface area contributed by atoms with Gasteiger partial charge in [0.05, 0.1) is 5.75 Å². The molecule has 0 fully saturated rings. The first-order valence-electron chi connectivity index (χ1n) is 8.05. The number of carbonyl (C=O) groups is 1. The first kappa shape index (κ1) is 17.6. The molecule has 1 unspecified atom stereocenters. The Balaban J connectivity index is 1.98. The second-order valence-electron chi connectivity index (χ2n) is 6.11. The Morgan fingerprint density at radius 3 is 2.39 bits per heavy atom. The molecule has 1 N–H and O–H groups in total. The van der Waals surface area contributed by atoms with Gasteiger partial charge in [-0.25, -0.2) is 0 Å². The van der Waals surface area contributed by atoms with E-state index in [2.05, 4.69) is 44.3 Å². The van der Waals surface area contributed by atoms with Crippen molar-refractivity contribution in [2.45, 2.75) is 38.9 Å². The van der Waals surface area contributed by atoms with Crippen molar-refractivity contribution in [3.05, 3.63) is 65.2 Å². The summed E-state index contributed by atoms with van der Waals surface area (Å²) in [5.74, 6) is 0.914. The first-order valence-corrected chi connectivity index (χ1v) is 9.09. The number of aryl methyl sites for hydroxylation is 1. The molecule has 0 saturated carbocycles. The van der Waals surface area contributed by atoms with Gasteiger partial charge < -0.3 is 5.32 Å². The van der Waals surface area contributed by atoms with E-state index in [4.69, 9.17) is 0 Å². The van der Waals surface area contributed by atoms with Gasteiger partial charge in [0.2, 0.25) is 5.91 Å². The highest BCUT2D eigenvalue weighted by Gasteiger charge is 2.13. The Kier molecular flexibility index (Phi) is 6.28. The number of anilines is 1. The Morgan fingerprint density at radius 1 is 1.04 bits per heavy atom. The molecule has 2 aromatic carbocycles. The average Bonchev–Trinajstić information content (AvgIpc) is 2.55. The largest absolute Gasteiger partial charge is 0.325 e. The van der Waals surface area contributed by atoms with E-state index in [-0.39, 0.29) is 5.91 Å². The quantitative estimate of drug-likeness (QED) is 0.753. The Morgan fingerprint density at radius 2 is 1.74 bits per heavy atom. The second kappa shape index (κ2) is 8.21. The van der Waals surface area contributed by atoms with E-state index in [9.17, 15) is 4.79 Å². The summed E-state index contributed by atoms with van der Waals surface area (Å²) in [6.45, 7) is 8.48. The molecule has 0 aliphatic rings. The lowest BCUT2D eigenvalue weighted by molar-refractivity contribution is -0.113. The topological polar surface area (TPSA) is 29.1 Å². The summed E-state index contributed by atoms with van der Waals surface area (Å²) in [7, 11) is 0. The fraction of sp³-hybridized carbons (Fsp3) is 0.350. The van der Waals surface area contributed by atoms with Crippen molar-refractivity contribution in [1.29, 1.82) is 0 Å². The van der Waals surface area contributed by atoms with Crippen molar-refractivity contribution < 1.29 is 4.79 Å². The lowest BCUT2D eigenvalue weighted by Crippen LogP contribution is -2.17. The molecule has 1 amide bonds. The van der Waals surface area contributed by atoms with Gasteiger partial charge in [0.25, 0.3) is 0 Å². The maximum absolute atomic E-state index is 12.3. The van der Waals surface area contributed by atoms with Gasteiger partial charge in [-0.3, -0.25) is 4.79 Å². The average molecular weight is 327 g/mol. The highest BCUT2D eigenvalue weighted by atomic mass is 32.2. The van der Waals surface area contributed by atoms with Crippen molar-refractivity contribution in [3.63, 3.8) is 0 Å². The highest BCUT2D eigenvalue weighted by molar-refractivity contribution is 8.00. The zero-order valence-electron chi connectivity index (χ0n) is 14.3. The number of benzene rings is 2. The van der Waals surface area contributed by atoms with Gasteiger partial charge in [-0.1, -0.05) is 62.4 Å². The first-order chi connectivity index (χ1) is 11.0. The van der Waals surface area contributed by atoms with Crippen molar-refractivity contribution in [2.24, 2.45) is 0 Å². The van der Waals surface area contributed by atoms with Crippen LogP contribution in [-0.4, -0.2) is 11.7 Å². The summed E-state index contributed by atoms with van der Waals surface area (Å²) in [6, 6.07) is 16.5. The van der Waals surface area contributed by atoms with Gasteiger partial charge in [0.15, 0.2) is 0 Å². The molecule has 0 saturated heterocycles. The number of carbonyl (C=O) groups excluding carboxylic acids is 1. The molecule has 23 heavy (non-hydrogen) atoms. The number of nitrogens with one attached hydrogen (secondary N) is 1. The van der Waals surface area contributed by atoms with Gasteiger partial charge >= 0.3 is 0 Å². The van der Waals surface area contributed by atoms with Gasteiger partial charge in [0.1, 0.15) is 0 Å². The number of thioether (sulfide) groups is 1. The molecule has 0 radical (unpaired) electrons. The lowest BCUT2D eigenvalue weighted by Gasteiger charge is -2.17. The predicted octanol–water partition coefficient (Wildman–Crippen LogP) is 5.55. The van der Waals surface area contributed by atoms with Crippen LogP contribution < -0.4 is 5.32 Å². The molecule has 3 heteroatoms. The van der Waals surface area contributed by atoms with Crippen LogP contribution in [0.15, 0.2) is 48.5 Å². The van der Waals surface area contributed by atoms with Gasteiger partial charge in [-0.2, -0.15) is 0 Å². The number of hydrogen-bond acceptors (Lipinski definition) is 2. The van der Waals surface area contributed by atoms with Crippen molar-refractivity contribution in [1.82, 2.24) is 0 Å². The minimum absolute atomic E-state index is 0.0639. The van der Waals surface area contributed by atoms with Crippen LogP contribution in [0.25, 0.3) is 0 Å². The molecule has 2 aromatic rings. The number of hydrogen-bond donors (Lipinski definition) is 1. The minimum Gasteiger partial charge on any atom is -0.325 e. The second-order valence-corrected chi connectivity index (χ2v) is 7.44. The summed E-state index contributed by atoms with van der Waals surface area (Å²) >= 11 is 1.66. The molecule has 0 spiro atoms. The highest BCUT2D eigenvalue weighted by Crippen LogP contribution is 2.30. The Labute approximate surface area is 143 Å². The van der Waals surface area contributed by atoms with Crippen LogP contribution in [0.1, 0.15) is 48.6 Å². The molecule has 0 bridgehead atoms. The fourth-order valence-corrected chi connectivity index (χ4v) is 3.36. The number of amides is 1. The fourth-order valence-electron chi connectivity index (χ4n) is 2.54. The van der Waals surface area contributed by atoms with Crippen LogP contribution in [-0.2, 0) is 4.79 Å². The van der Waals surface area contributed by atoms with E-state index >= 15 is 0 Å². The van der Waals surface area contributed by atoms with Crippen LogP contribution in [0, 0.1) is 6.92 Å². The third-order valence-corrected chi connectivity index (χ3v) is 5.13. The molecular formula is C20H25NOS. The predicted molar refractivity (Wildman–Crippen MR) is 101 cm³/mol. The summed E-state index contributed by atoms with van der Waals surface area (Å²) in [5, 5.41) is 3.42. The minimum atomic E-state index is 0.0639. The summed E-state index contributed by atoms with van der Waals surface area (Å²) < 4.78 is 0. The van der Waals surface area contributed by atoms with Crippen LogP contribution >= 0.6 is 11.8 Å². The SMILES string of the molecule is Cc1cccc(C(C)C)c1NC(=O)CSC(C)c1ccccc1.